The lowest BCUT2D eigenvalue weighted by Crippen LogP contribution is -2.29. The predicted octanol–water partition coefficient (Wildman–Crippen LogP) is 2.20. The van der Waals surface area contributed by atoms with E-state index in [0.29, 0.717) is 24.1 Å². The number of nitrogen functional groups attached to an aromatic ring is 1. The lowest BCUT2D eigenvalue weighted by Gasteiger charge is -2.18. The molecule has 0 saturated heterocycles. The zero-order chi connectivity index (χ0) is 13.5. The highest BCUT2D eigenvalue weighted by molar-refractivity contribution is 7.89. The zero-order valence-corrected chi connectivity index (χ0v) is 12.0. The summed E-state index contributed by atoms with van der Waals surface area (Å²) >= 11 is 5.95. The molecule has 1 fully saturated rings. The topological polar surface area (TPSA) is 63.4 Å². The molecule has 0 radical (unpaired) electrons. The molecule has 0 bridgehead atoms. The summed E-state index contributed by atoms with van der Waals surface area (Å²) in [6.45, 7) is 2.67. The van der Waals surface area contributed by atoms with Crippen molar-refractivity contribution in [2.24, 2.45) is 11.8 Å². The van der Waals surface area contributed by atoms with Crippen molar-refractivity contribution in [1.29, 1.82) is 0 Å². The summed E-state index contributed by atoms with van der Waals surface area (Å²) in [7, 11) is -1.93. The number of hydrogen-bond acceptors (Lipinski definition) is 3. The molecule has 1 aromatic carbocycles. The molecule has 0 aromatic heterocycles. The van der Waals surface area contributed by atoms with Crippen LogP contribution in [0.4, 0.5) is 5.69 Å². The maximum Gasteiger partial charge on any atom is 0.244 e. The Labute approximate surface area is 113 Å². The molecule has 0 spiro atoms. The summed E-state index contributed by atoms with van der Waals surface area (Å²) < 4.78 is 26.0. The molecule has 0 amide bonds. The van der Waals surface area contributed by atoms with E-state index in [1.807, 2.05) is 0 Å². The number of anilines is 1. The van der Waals surface area contributed by atoms with E-state index in [1.54, 1.807) is 13.1 Å². The van der Waals surface area contributed by atoms with Crippen LogP contribution in [0.5, 0.6) is 0 Å². The van der Waals surface area contributed by atoms with Crippen LogP contribution in [-0.4, -0.2) is 26.3 Å². The normalized spacial score (nSPS) is 23.3. The van der Waals surface area contributed by atoms with Crippen LogP contribution in [0.25, 0.3) is 0 Å². The monoisotopic (exact) mass is 288 g/mol. The van der Waals surface area contributed by atoms with Crippen molar-refractivity contribution >= 4 is 27.3 Å². The Balaban J connectivity index is 2.24. The molecule has 2 atom stereocenters. The zero-order valence-electron chi connectivity index (χ0n) is 10.4. The number of hydrogen-bond donors (Lipinski definition) is 1. The number of sulfonamides is 1. The predicted molar refractivity (Wildman–Crippen MR) is 73.0 cm³/mol. The summed E-state index contributed by atoms with van der Waals surface area (Å²) in [5, 5.41) is 0.172. The van der Waals surface area contributed by atoms with Crippen LogP contribution in [0.1, 0.15) is 13.3 Å². The molecular formula is C12H17ClN2O2S. The Morgan fingerprint density at radius 2 is 2.11 bits per heavy atom. The summed E-state index contributed by atoms with van der Waals surface area (Å²) in [4.78, 5) is 0.120. The second-order valence-corrected chi connectivity index (χ2v) is 7.37. The smallest absolute Gasteiger partial charge is 0.244 e. The molecule has 0 aliphatic heterocycles. The molecule has 4 nitrogen and oxygen atoms in total. The first-order valence-corrected chi connectivity index (χ1v) is 7.65. The second-order valence-electron chi connectivity index (χ2n) is 4.95. The molecule has 100 valence electrons. The van der Waals surface area contributed by atoms with E-state index in [0.717, 1.165) is 6.42 Å². The van der Waals surface area contributed by atoms with Gasteiger partial charge in [0.25, 0.3) is 0 Å². The summed E-state index contributed by atoms with van der Waals surface area (Å²) in [5.74, 6) is 1.09. The third-order valence-corrected chi connectivity index (χ3v) is 5.72. The highest BCUT2D eigenvalue weighted by Crippen LogP contribution is 2.39. The number of nitrogens with two attached hydrogens (primary N) is 1. The molecule has 18 heavy (non-hydrogen) atoms. The molecule has 1 aromatic rings. The minimum absolute atomic E-state index is 0.120. The van der Waals surface area contributed by atoms with Crippen LogP contribution in [0.15, 0.2) is 23.1 Å². The maximum absolute atomic E-state index is 12.3. The molecule has 1 aliphatic carbocycles. The van der Waals surface area contributed by atoms with Gasteiger partial charge in [0.15, 0.2) is 0 Å². The van der Waals surface area contributed by atoms with Crippen LogP contribution >= 0.6 is 11.6 Å². The van der Waals surface area contributed by atoms with Crippen molar-refractivity contribution < 1.29 is 8.42 Å². The molecule has 2 N–H and O–H groups in total. The van der Waals surface area contributed by atoms with E-state index in [-0.39, 0.29) is 9.92 Å². The van der Waals surface area contributed by atoms with E-state index in [2.05, 4.69) is 6.92 Å². The van der Waals surface area contributed by atoms with Gasteiger partial charge in [-0.3, -0.25) is 0 Å². The summed E-state index contributed by atoms with van der Waals surface area (Å²) in [6, 6.07) is 4.47. The van der Waals surface area contributed by atoms with Gasteiger partial charge in [0.05, 0.1) is 5.02 Å². The Hall–Kier alpha value is -0.780. The summed E-state index contributed by atoms with van der Waals surface area (Å²) in [5.41, 5.74) is 6.02. The van der Waals surface area contributed by atoms with Crippen LogP contribution in [0.2, 0.25) is 5.02 Å². The first-order chi connectivity index (χ1) is 8.32. The molecule has 2 unspecified atom stereocenters. The Kier molecular flexibility index (Phi) is 3.58. The highest BCUT2D eigenvalue weighted by Gasteiger charge is 2.36. The van der Waals surface area contributed by atoms with Crippen LogP contribution in [0.3, 0.4) is 0 Å². The molecule has 1 aliphatic rings. The summed E-state index contributed by atoms with van der Waals surface area (Å²) in [6.07, 6.45) is 1.09. The number of nitrogens with zero attached hydrogens (tertiary/aromatic N) is 1. The lowest BCUT2D eigenvalue weighted by molar-refractivity contribution is 0.445. The fourth-order valence-corrected chi connectivity index (χ4v) is 3.73. The average Bonchev–Trinajstić information content (AvgIpc) is 2.93. The highest BCUT2D eigenvalue weighted by atomic mass is 35.5. The number of rotatable bonds is 4. The number of halogens is 1. The quantitative estimate of drug-likeness (QED) is 0.864. The third-order valence-electron chi connectivity index (χ3n) is 3.41. The van der Waals surface area contributed by atoms with Crippen molar-refractivity contribution in [2.45, 2.75) is 18.2 Å². The van der Waals surface area contributed by atoms with E-state index in [4.69, 9.17) is 17.3 Å². The first kappa shape index (κ1) is 13.6. The van der Waals surface area contributed by atoms with Crippen LogP contribution < -0.4 is 5.73 Å². The second kappa shape index (κ2) is 4.72. The van der Waals surface area contributed by atoms with Gasteiger partial charge in [-0.25, -0.2) is 12.7 Å². The molecule has 0 heterocycles. The largest absolute Gasteiger partial charge is 0.399 e. The van der Waals surface area contributed by atoms with Gasteiger partial charge in [0.2, 0.25) is 10.0 Å². The van der Waals surface area contributed by atoms with Crippen molar-refractivity contribution in [3.8, 4) is 0 Å². The standard InChI is InChI=1S/C12H17ClN2O2S/c1-8-5-9(8)7-15(2)18(16,17)12-4-3-10(14)6-11(12)13/h3-4,6,8-9H,5,7,14H2,1-2H3. The maximum atomic E-state index is 12.3. The van der Waals surface area contributed by atoms with Crippen molar-refractivity contribution in [3.63, 3.8) is 0 Å². The van der Waals surface area contributed by atoms with Crippen LogP contribution in [-0.2, 0) is 10.0 Å². The Bertz CT molecular complexity index is 559. The van der Waals surface area contributed by atoms with Crippen molar-refractivity contribution in [3.05, 3.63) is 23.2 Å². The fraction of sp³-hybridized carbons (Fsp3) is 0.500. The van der Waals surface area contributed by atoms with Gasteiger partial charge < -0.3 is 5.73 Å². The molecule has 1 saturated carbocycles. The van der Waals surface area contributed by atoms with Gasteiger partial charge in [-0.2, -0.15) is 0 Å². The molecule has 2 rings (SSSR count). The van der Waals surface area contributed by atoms with Crippen molar-refractivity contribution in [1.82, 2.24) is 4.31 Å². The fourth-order valence-electron chi connectivity index (χ4n) is 1.98. The number of benzene rings is 1. The lowest BCUT2D eigenvalue weighted by atomic mass is 10.3. The van der Waals surface area contributed by atoms with Gasteiger partial charge >= 0.3 is 0 Å². The first-order valence-electron chi connectivity index (χ1n) is 5.83. The van der Waals surface area contributed by atoms with Gasteiger partial charge in [-0.05, 0) is 36.5 Å². The van der Waals surface area contributed by atoms with Gasteiger partial charge in [-0.15, -0.1) is 0 Å². The van der Waals surface area contributed by atoms with Gasteiger partial charge in [0.1, 0.15) is 4.90 Å². The Morgan fingerprint density at radius 3 is 2.61 bits per heavy atom. The van der Waals surface area contributed by atoms with Gasteiger partial charge in [-0.1, -0.05) is 18.5 Å². The molecular weight excluding hydrogens is 272 g/mol. The van der Waals surface area contributed by atoms with E-state index >= 15 is 0 Å². The van der Waals surface area contributed by atoms with Gasteiger partial charge in [0, 0.05) is 19.3 Å². The average molecular weight is 289 g/mol. The van der Waals surface area contributed by atoms with E-state index in [9.17, 15) is 8.42 Å². The van der Waals surface area contributed by atoms with Crippen LogP contribution in [0, 0.1) is 11.8 Å². The minimum Gasteiger partial charge on any atom is -0.399 e. The minimum atomic E-state index is -3.52. The molecule has 6 heteroatoms. The van der Waals surface area contributed by atoms with Crippen molar-refractivity contribution in [2.75, 3.05) is 19.3 Å². The van der Waals surface area contributed by atoms with E-state index < -0.39 is 10.0 Å². The van der Waals surface area contributed by atoms with E-state index in [1.165, 1.54) is 16.4 Å². The SMILES string of the molecule is CC1CC1CN(C)S(=O)(=O)c1ccc(N)cc1Cl. The Morgan fingerprint density at radius 1 is 1.50 bits per heavy atom. The third kappa shape index (κ3) is 2.63.